The van der Waals surface area contributed by atoms with E-state index in [-0.39, 0.29) is 24.0 Å². The zero-order chi connectivity index (χ0) is 13.8. The highest BCUT2D eigenvalue weighted by atomic mass is 79.9. The Balaban J connectivity index is 2.03. The van der Waals surface area contributed by atoms with E-state index < -0.39 is 5.82 Å². The second kappa shape index (κ2) is 5.88. The van der Waals surface area contributed by atoms with Crippen molar-refractivity contribution in [1.29, 1.82) is 0 Å². The van der Waals surface area contributed by atoms with Crippen LogP contribution in [0.15, 0.2) is 41.0 Å². The van der Waals surface area contributed by atoms with Gasteiger partial charge in [0.2, 0.25) is 5.91 Å². The molecule has 3 nitrogen and oxygen atoms in total. The fourth-order valence-corrected chi connectivity index (χ4v) is 1.89. The second-order valence-electron chi connectivity index (χ2n) is 3.84. The van der Waals surface area contributed by atoms with Crippen LogP contribution in [0.4, 0.5) is 14.6 Å². The lowest BCUT2D eigenvalue weighted by Crippen LogP contribution is -2.15. The van der Waals surface area contributed by atoms with Gasteiger partial charge in [0, 0.05) is 0 Å². The van der Waals surface area contributed by atoms with E-state index in [0.29, 0.717) is 10.0 Å². The van der Waals surface area contributed by atoms with Gasteiger partial charge < -0.3 is 5.32 Å². The number of rotatable bonds is 3. The number of carbonyl (C=O) groups excluding carboxylic acids is 1. The molecule has 0 fully saturated rings. The third kappa shape index (κ3) is 3.82. The van der Waals surface area contributed by atoms with Gasteiger partial charge in [0.05, 0.1) is 17.1 Å². The van der Waals surface area contributed by atoms with Crippen molar-refractivity contribution in [2.45, 2.75) is 6.42 Å². The highest BCUT2D eigenvalue weighted by Crippen LogP contribution is 2.20. The summed E-state index contributed by atoms with van der Waals surface area (Å²) >= 11 is 3.10. The average molecular weight is 327 g/mol. The van der Waals surface area contributed by atoms with E-state index in [2.05, 4.69) is 26.2 Å². The maximum Gasteiger partial charge on any atom is 0.229 e. The molecule has 1 amide bonds. The second-order valence-corrected chi connectivity index (χ2v) is 4.69. The molecule has 0 aliphatic rings. The van der Waals surface area contributed by atoms with Crippen LogP contribution in [0.2, 0.25) is 0 Å². The first-order valence-electron chi connectivity index (χ1n) is 5.40. The summed E-state index contributed by atoms with van der Waals surface area (Å²) < 4.78 is 25.9. The van der Waals surface area contributed by atoms with Gasteiger partial charge in [-0.05, 0) is 39.7 Å². The highest BCUT2D eigenvalue weighted by molar-refractivity contribution is 9.10. The minimum atomic E-state index is -0.497. The van der Waals surface area contributed by atoms with Gasteiger partial charge in [0.25, 0.3) is 0 Å². The average Bonchev–Trinajstić information content (AvgIpc) is 2.36. The molecule has 0 saturated carbocycles. The standard InChI is InChI=1S/C13H9BrF2N2O/c14-11-6-10(16)7-17-13(11)18-12(19)5-8-1-3-9(15)4-2-8/h1-4,6-7H,5H2,(H,17,18,19). The van der Waals surface area contributed by atoms with Crippen molar-refractivity contribution >= 4 is 27.7 Å². The molecule has 1 heterocycles. The monoisotopic (exact) mass is 326 g/mol. The van der Waals surface area contributed by atoms with Crippen LogP contribution in [0.25, 0.3) is 0 Å². The number of nitrogens with one attached hydrogen (secondary N) is 1. The summed E-state index contributed by atoms with van der Waals surface area (Å²) in [5.74, 6) is -0.921. The van der Waals surface area contributed by atoms with E-state index in [0.717, 1.165) is 6.20 Å². The van der Waals surface area contributed by atoms with Crippen LogP contribution in [0.3, 0.4) is 0 Å². The summed E-state index contributed by atoms with van der Waals surface area (Å²) in [6.07, 6.45) is 1.10. The molecular weight excluding hydrogens is 318 g/mol. The molecule has 0 saturated heterocycles. The van der Waals surface area contributed by atoms with Crippen molar-refractivity contribution in [1.82, 2.24) is 4.98 Å². The van der Waals surface area contributed by atoms with Gasteiger partial charge in [0.15, 0.2) is 0 Å². The van der Waals surface area contributed by atoms with Gasteiger partial charge in [-0.2, -0.15) is 0 Å². The molecule has 98 valence electrons. The molecule has 0 atom stereocenters. The number of hydrogen-bond acceptors (Lipinski definition) is 2. The Morgan fingerprint density at radius 3 is 2.53 bits per heavy atom. The Bertz CT molecular complexity index is 602. The third-order valence-electron chi connectivity index (χ3n) is 2.34. The van der Waals surface area contributed by atoms with Gasteiger partial charge in [-0.1, -0.05) is 12.1 Å². The smallest absolute Gasteiger partial charge is 0.229 e. The molecule has 0 aliphatic heterocycles. The number of carbonyl (C=O) groups is 1. The zero-order valence-electron chi connectivity index (χ0n) is 9.66. The number of amides is 1. The first-order valence-corrected chi connectivity index (χ1v) is 6.19. The lowest BCUT2D eigenvalue weighted by atomic mass is 10.1. The number of pyridine rings is 1. The van der Waals surface area contributed by atoms with E-state index >= 15 is 0 Å². The van der Waals surface area contributed by atoms with E-state index in [1.807, 2.05) is 0 Å². The molecule has 1 N–H and O–H groups in total. The van der Waals surface area contributed by atoms with Crippen LogP contribution in [-0.4, -0.2) is 10.9 Å². The van der Waals surface area contributed by atoms with Crippen molar-refractivity contribution in [2.75, 3.05) is 5.32 Å². The van der Waals surface area contributed by atoms with Gasteiger partial charge in [-0.3, -0.25) is 4.79 Å². The van der Waals surface area contributed by atoms with E-state index in [9.17, 15) is 13.6 Å². The van der Waals surface area contributed by atoms with Crippen molar-refractivity contribution in [3.8, 4) is 0 Å². The number of halogens is 3. The number of anilines is 1. The van der Waals surface area contributed by atoms with Crippen molar-refractivity contribution in [3.05, 3.63) is 58.2 Å². The van der Waals surface area contributed by atoms with Crippen LogP contribution in [0.5, 0.6) is 0 Å². The SMILES string of the molecule is O=C(Cc1ccc(F)cc1)Nc1ncc(F)cc1Br. The maximum atomic E-state index is 12.8. The molecule has 2 aromatic rings. The van der Waals surface area contributed by atoms with Crippen molar-refractivity contribution in [2.24, 2.45) is 0 Å². The Morgan fingerprint density at radius 2 is 1.89 bits per heavy atom. The van der Waals surface area contributed by atoms with E-state index in [1.165, 1.54) is 30.3 Å². The summed E-state index contributed by atoms with van der Waals surface area (Å²) in [6, 6.07) is 6.84. The van der Waals surface area contributed by atoms with Crippen molar-refractivity contribution in [3.63, 3.8) is 0 Å². The van der Waals surface area contributed by atoms with Crippen LogP contribution in [0.1, 0.15) is 5.56 Å². The Morgan fingerprint density at radius 1 is 1.21 bits per heavy atom. The largest absolute Gasteiger partial charge is 0.309 e. The van der Waals surface area contributed by atoms with Crippen LogP contribution < -0.4 is 5.32 Å². The number of nitrogens with zero attached hydrogens (tertiary/aromatic N) is 1. The molecule has 1 aromatic carbocycles. The first kappa shape index (κ1) is 13.6. The maximum absolute atomic E-state index is 12.8. The summed E-state index contributed by atoms with van der Waals surface area (Å²) in [5.41, 5.74) is 0.678. The molecule has 0 unspecified atom stereocenters. The first-order chi connectivity index (χ1) is 9.04. The fraction of sp³-hybridized carbons (Fsp3) is 0.0769. The normalized spacial score (nSPS) is 10.3. The Labute approximate surface area is 116 Å². The number of aromatic nitrogens is 1. The summed E-state index contributed by atoms with van der Waals surface area (Å²) in [7, 11) is 0. The molecule has 0 bridgehead atoms. The fourth-order valence-electron chi connectivity index (χ4n) is 1.47. The molecule has 1 aromatic heterocycles. The molecule has 19 heavy (non-hydrogen) atoms. The summed E-state index contributed by atoms with van der Waals surface area (Å²) in [5, 5.41) is 2.54. The van der Waals surface area contributed by atoms with E-state index in [1.54, 1.807) is 0 Å². The van der Waals surface area contributed by atoms with Crippen molar-refractivity contribution < 1.29 is 13.6 Å². The summed E-state index contributed by atoms with van der Waals surface area (Å²) in [6.45, 7) is 0. The van der Waals surface area contributed by atoms with Crippen LogP contribution in [0, 0.1) is 11.6 Å². The third-order valence-corrected chi connectivity index (χ3v) is 2.95. The predicted molar refractivity (Wildman–Crippen MR) is 70.6 cm³/mol. The minimum absolute atomic E-state index is 0.0891. The molecular formula is C13H9BrF2N2O. The lowest BCUT2D eigenvalue weighted by Gasteiger charge is -2.06. The van der Waals surface area contributed by atoms with E-state index in [4.69, 9.17) is 0 Å². The minimum Gasteiger partial charge on any atom is -0.309 e. The predicted octanol–water partition coefficient (Wildman–Crippen LogP) is 3.30. The quantitative estimate of drug-likeness (QED) is 0.940. The van der Waals surface area contributed by atoms with Gasteiger partial charge in [-0.15, -0.1) is 0 Å². The topological polar surface area (TPSA) is 42.0 Å². The molecule has 0 spiro atoms. The lowest BCUT2D eigenvalue weighted by molar-refractivity contribution is -0.115. The number of hydrogen-bond donors (Lipinski definition) is 1. The van der Waals surface area contributed by atoms with Gasteiger partial charge in [-0.25, -0.2) is 13.8 Å². The van der Waals surface area contributed by atoms with Crippen LogP contribution in [-0.2, 0) is 11.2 Å². The molecule has 0 aliphatic carbocycles. The Hall–Kier alpha value is -1.82. The summed E-state index contributed by atoms with van der Waals surface area (Å²) in [4.78, 5) is 15.5. The van der Waals surface area contributed by atoms with Gasteiger partial charge >= 0.3 is 0 Å². The molecule has 0 radical (unpaired) electrons. The highest BCUT2D eigenvalue weighted by Gasteiger charge is 2.08. The van der Waals surface area contributed by atoms with Gasteiger partial charge in [0.1, 0.15) is 17.5 Å². The zero-order valence-corrected chi connectivity index (χ0v) is 11.2. The molecule has 2 rings (SSSR count). The Kier molecular flexibility index (Phi) is 4.21. The number of benzene rings is 1. The molecule has 6 heteroatoms. The van der Waals surface area contributed by atoms with Crippen LogP contribution >= 0.6 is 15.9 Å².